The first-order valence-corrected chi connectivity index (χ1v) is 7.09. The van der Waals surface area contributed by atoms with Crippen molar-refractivity contribution in [1.82, 2.24) is 0 Å². The second-order valence-corrected chi connectivity index (χ2v) is 5.48. The van der Waals surface area contributed by atoms with Crippen LogP contribution in [0.4, 0.5) is 5.69 Å². The van der Waals surface area contributed by atoms with Crippen molar-refractivity contribution in [2.24, 2.45) is 0 Å². The van der Waals surface area contributed by atoms with Crippen LogP contribution in [0.1, 0.15) is 16.7 Å². The lowest BCUT2D eigenvalue weighted by atomic mass is 10.1. The molecule has 0 aliphatic rings. The average molecular weight is 304 g/mol. The molecule has 0 saturated carbocycles. The highest BCUT2D eigenvalue weighted by atomic mass is 35.5. The van der Waals surface area contributed by atoms with Crippen LogP contribution in [-0.4, -0.2) is 12.5 Å². The topological polar surface area (TPSA) is 38.3 Å². The second kappa shape index (κ2) is 6.64. The Kier molecular flexibility index (Phi) is 4.86. The molecular formula is C17H18ClNO2. The number of anilines is 1. The van der Waals surface area contributed by atoms with Crippen LogP contribution in [0.15, 0.2) is 36.4 Å². The monoisotopic (exact) mass is 303 g/mol. The third kappa shape index (κ3) is 4.23. The van der Waals surface area contributed by atoms with Gasteiger partial charge >= 0.3 is 0 Å². The number of amides is 1. The van der Waals surface area contributed by atoms with Crippen LogP contribution in [0.2, 0.25) is 5.02 Å². The molecule has 110 valence electrons. The molecule has 4 heteroatoms. The van der Waals surface area contributed by atoms with Crippen molar-refractivity contribution >= 4 is 23.2 Å². The fourth-order valence-electron chi connectivity index (χ4n) is 1.96. The summed E-state index contributed by atoms with van der Waals surface area (Å²) < 4.78 is 5.59. The van der Waals surface area contributed by atoms with Crippen LogP contribution in [0.3, 0.4) is 0 Å². The molecule has 0 spiro atoms. The molecule has 0 atom stereocenters. The van der Waals surface area contributed by atoms with E-state index < -0.39 is 0 Å². The van der Waals surface area contributed by atoms with Crippen LogP contribution in [0.5, 0.6) is 5.75 Å². The predicted molar refractivity (Wildman–Crippen MR) is 86.2 cm³/mol. The lowest BCUT2D eigenvalue weighted by Gasteiger charge is -2.12. The Balaban J connectivity index is 1.95. The lowest BCUT2D eigenvalue weighted by Crippen LogP contribution is -2.20. The van der Waals surface area contributed by atoms with Gasteiger partial charge in [-0.15, -0.1) is 0 Å². The molecular weight excluding hydrogens is 286 g/mol. The number of aryl methyl sites for hydroxylation is 3. The Bertz CT molecular complexity index is 651. The largest absolute Gasteiger partial charge is 0.483 e. The highest BCUT2D eigenvalue weighted by Gasteiger charge is 2.07. The second-order valence-electron chi connectivity index (χ2n) is 5.05. The summed E-state index contributed by atoms with van der Waals surface area (Å²) in [7, 11) is 0. The van der Waals surface area contributed by atoms with Gasteiger partial charge < -0.3 is 10.1 Å². The number of carbonyl (C=O) groups excluding carboxylic acids is 1. The SMILES string of the molecule is Cc1cc(C)c(OCC(=O)Nc2ccc(Cl)cc2)cc1C. The number of hydrogen-bond donors (Lipinski definition) is 1. The van der Waals surface area contributed by atoms with Gasteiger partial charge in [0, 0.05) is 10.7 Å². The quantitative estimate of drug-likeness (QED) is 0.915. The van der Waals surface area contributed by atoms with Crippen molar-refractivity contribution in [3.8, 4) is 5.75 Å². The minimum absolute atomic E-state index is 0.0219. The minimum Gasteiger partial charge on any atom is -0.483 e. The molecule has 0 saturated heterocycles. The third-order valence-electron chi connectivity index (χ3n) is 3.28. The highest BCUT2D eigenvalue weighted by molar-refractivity contribution is 6.30. The van der Waals surface area contributed by atoms with Crippen LogP contribution < -0.4 is 10.1 Å². The molecule has 2 aromatic carbocycles. The lowest BCUT2D eigenvalue weighted by molar-refractivity contribution is -0.118. The van der Waals surface area contributed by atoms with Gasteiger partial charge in [-0.1, -0.05) is 17.7 Å². The summed E-state index contributed by atoms with van der Waals surface area (Å²) in [4.78, 5) is 11.9. The molecule has 0 bridgehead atoms. The number of ether oxygens (including phenoxy) is 1. The Morgan fingerprint density at radius 3 is 2.33 bits per heavy atom. The fourth-order valence-corrected chi connectivity index (χ4v) is 2.09. The number of carbonyl (C=O) groups is 1. The smallest absolute Gasteiger partial charge is 0.262 e. The zero-order valence-electron chi connectivity index (χ0n) is 12.4. The van der Waals surface area contributed by atoms with E-state index in [2.05, 4.69) is 18.3 Å². The van der Waals surface area contributed by atoms with Crippen molar-refractivity contribution in [3.63, 3.8) is 0 Å². The summed E-state index contributed by atoms with van der Waals surface area (Å²) >= 11 is 5.80. The standard InChI is InChI=1S/C17H18ClNO2/c1-11-8-13(3)16(9-12(11)2)21-10-17(20)19-15-6-4-14(18)5-7-15/h4-9H,10H2,1-3H3,(H,19,20). The molecule has 0 fully saturated rings. The highest BCUT2D eigenvalue weighted by Crippen LogP contribution is 2.22. The normalized spacial score (nSPS) is 10.3. The van der Waals surface area contributed by atoms with E-state index in [0.29, 0.717) is 10.7 Å². The van der Waals surface area contributed by atoms with Gasteiger partial charge in [-0.2, -0.15) is 0 Å². The van der Waals surface area contributed by atoms with E-state index in [1.807, 2.05) is 19.9 Å². The van der Waals surface area contributed by atoms with E-state index in [0.717, 1.165) is 16.9 Å². The first kappa shape index (κ1) is 15.4. The van der Waals surface area contributed by atoms with Gasteiger partial charge in [0.25, 0.3) is 5.91 Å². The minimum atomic E-state index is -0.199. The van der Waals surface area contributed by atoms with Crippen LogP contribution in [-0.2, 0) is 4.79 Å². The van der Waals surface area contributed by atoms with E-state index in [9.17, 15) is 4.79 Å². The molecule has 21 heavy (non-hydrogen) atoms. The molecule has 0 radical (unpaired) electrons. The van der Waals surface area contributed by atoms with E-state index in [4.69, 9.17) is 16.3 Å². The zero-order valence-corrected chi connectivity index (χ0v) is 13.1. The third-order valence-corrected chi connectivity index (χ3v) is 3.53. The number of benzene rings is 2. The molecule has 0 aliphatic carbocycles. The maximum Gasteiger partial charge on any atom is 0.262 e. The van der Waals surface area contributed by atoms with Gasteiger partial charge in [0.15, 0.2) is 6.61 Å². The summed E-state index contributed by atoms with van der Waals surface area (Å²) in [5, 5.41) is 3.40. The van der Waals surface area contributed by atoms with Gasteiger partial charge in [-0.25, -0.2) is 0 Å². The van der Waals surface area contributed by atoms with Crippen LogP contribution >= 0.6 is 11.6 Å². The average Bonchev–Trinajstić information content (AvgIpc) is 2.44. The van der Waals surface area contributed by atoms with Crippen molar-refractivity contribution in [2.75, 3.05) is 11.9 Å². The maximum absolute atomic E-state index is 11.9. The molecule has 3 nitrogen and oxygen atoms in total. The van der Waals surface area contributed by atoms with E-state index >= 15 is 0 Å². The van der Waals surface area contributed by atoms with Gasteiger partial charge in [-0.05, 0) is 67.8 Å². The summed E-state index contributed by atoms with van der Waals surface area (Å²) in [6, 6.07) is 11.0. The van der Waals surface area contributed by atoms with Crippen molar-refractivity contribution < 1.29 is 9.53 Å². The van der Waals surface area contributed by atoms with Gasteiger partial charge in [0.1, 0.15) is 5.75 Å². The van der Waals surface area contributed by atoms with Crippen molar-refractivity contribution in [2.45, 2.75) is 20.8 Å². The molecule has 1 N–H and O–H groups in total. The Labute approximate surface area is 129 Å². The fraction of sp³-hybridized carbons (Fsp3) is 0.235. The molecule has 0 aromatic heterocycles. The number of nitrogens with one attached hydrogen (secondary N) is 1. The summed E-state index contributed by atoms with van der Waals surface area (Å²) in [6.07, 6.45) is 0. The summed E-state index contributed by atoms with van der Waals surface area (Å²) in [5.41, 5.74) is 4.08. The van der Waals surface area contributed by atoms with E-state index in [1.165, 1.54) is 5.56 Å². The molecule has 2 rings (SSSR count). The molecule has 0 aliphatic heterocycles. The number of halogens is 1. The van der Waals surface area contributed by atoms with Crippen LogP contribution in [0, 0.1) is 20.8 Å². The van der Waals surface area contributed by atoms with Crippen molar-refractivity contribution in [3.05, 3.63) is 58.1 Å². The van der Waals surface area contributed by atoms with E-state index in [-0.39, 0.29) is 12.5 Å². The maximum atomic E-state index is 11.9. The molecule has 0 unspecified atom stereocenters. The van der Waals surface area contributed by atoms with Gasteiger partial charge in [0.05, 0.1) is 0 Å². The number of rotatable bonds is 4. The first-order chi connectivity index (χ1) is 9.95. The van der Waals surface area contributed by atoms with Gasteiger partial charge in [0.2, 0.25) is 0 Å². The van der Waals surface area contributed by atoms with Gasteiger partial charge in [-0.3, -0.25) is 4.79 Å². The Morgan fingerprint density at radius 2 is 1.67 bits per heavy atom. The molecule has 1 amide bonds. The number of hydrogen-bond acceptors (Lipinski definition) is 2. The first-order valence-electron chi connectivity index (χ1n) is 6.72. The van der Waals surface area contributed by atoms with E-state index in [1.54, 1.807) is 24.3 Å². The zero-order chi connectivity index (χ0) is 15.4. The Morgan fingerprint density at radius 1 is 1.05 bits per heavy atom. The predicted octanol–water partition coefficient (Wildman–Crippen LogP) is 4.28. The molecule has 0 heterocycles. The summed E-state index contributed by atoms with van der Waals surface area (Å²) in [6.45, 7) is 6.03. The van der Waals surface area contributed by atoms with Crippen molar-refractivity contribution in [1.29, 1.82) is 0 Å². The molecule has 2 aromatic rings. The van der Waals surface area contributed by atoms with Crippen LogP contribution in [0.25, 0.3) is 0 Å². The Hall–Kier alpha value is -2.00. The summed E-state index contributed by atoms with van der Waals surface area (Å²) in [5.74, 6) is 0.541.